The summed E-state index contributed by atoms with van der Waals surface area (Å²) < 4.78 is 50.7. The van der Waals surface area contributed by atoms with Crippen molar-refractivity contribution in [3.8, 4) is 0 Å². The van der Waals surface area contributed by atoms with Crippen molar-refractivity contribution in [3.63, 3.8) is 0 Å². The van der Waals surface area contributed by atoms with Gasteiger partial charge < -0.3 is 14.2 Å². The molecule has 0 amide bonds. The van der Waals surface area contributed by atoms with E-state index in [1.165, 1.54) is 6.07 Å². The number of aromatic nitrogens is 6. The first kappa shape index (κ1) is 27.2. The Hall–Kier alpha value is -2.96. The number of benzene rings is 1. The predicted molar refractivity (Wildman–Crippen MR) is 146 cm³/mol. The maximum atomic E-state index is 13.6. The van der Waals surface area contributed by atoms with Crippen LogP contribution in [0.3, 0.4) is 0 Å². The third kappa shape index (κ3) is 4.79. The SMILES string of the molecule is Cc1cc(CN2C[C@H](C)N(c3nc4nncn4c4c3nc(C)n4C[C@@H]3CCCO3)C[C@H]2C)cc(C(F)(F)F)c1Cl. The summed E-state index contributed by atoms with van der Waals surface area (Å²) in [5.41, 5.74) is 1.89. The van der Waals surface area contributed by atoms with Gasteiger partial charge in [-0.3, -0.25) is 4.90 Å². The van der Waals surface area contributed by atoms with Gasteiger partial charge in [-0.25, -0.2) is 9.38 Å². The summed E-state index contributed by atoms with van der Waals surface area (Å²) in [5, 5.41) is 8.13. The van der Waals surface area contributed by atoms with Crippen molar-refractivity contribution in [1.29, 1.82) is 0 Å². The number of alkyl halides is 3. The second kappa shape index (κ2) is 10.1. The molecule has 2 aliphatic heterocycles. The molecule has 2 fully saturated rings. The predicted octanol–water partition coefficient (Wildman–Crippen LogP) is 5.04. The van der Waals surface area contributed by atoms with Gasteiger partial charge in [0.25, 0.3) is 5.78 Å². The zero-order valence-electron chi connectivity index (χ0n) is 22.9. The first-order chi connectivity index (χ1) is 19.0. The molecule has 0 spiro atoms. The standard InChI is InChI=1S/C27H32ClF3N8O/c1-15-8-19(9-21(22(15)28)27(29,30)31)12-36-10-17(3)37(11-16(36)2)24-23-25(39-14-32-35-26(39)34-24)38(18(4)33-23)13-20-6-5-7-40-20/h8-9,14,16-17,20H,5-7,10-13H2,1-4H3/t16-,17+,20+/m1/s1. The van der Waals surface area contributed by atoms with Gasteiger partial charge in [-0.15, -0.1) is 10.2 Å². The van der Waals surface area contributed by atoms with Gasteiger partial charge in [0.2, 0.25) is 0 Å². The molecule has 0 unspecified atom stereocenters. The van der Waals surface area contributed by atoms with E-state index in [4.69, 9.17) is 26.3 Å². The Balaban J connectivity index is 1.31. The maximum Gasteiger partial charge on any atom is 0.417 e. The lowest BCUT2D eigenvalue weighted by atomic mass is 10.0. The van der Waals surface area contributed by atoms with Crippen LogP contribution < -0.4 is 4.90 Å². The summed E-state index contributed by atoms with van der Waals surface area (Å²) in [6, 6.07) is 2.99. The minimum absolute atomic E-state index is 0.0244. The van der Waals surface area contributed by atoms with Crippen LogP contribution >= 0.6 is 11.6 Å². The van der Waals surface area contributed by atoms with Crippen molar-refractivity contribution in [2.45, 2.75) is 78.0 Å². The zero-order chi connectivity index (χ0) is 28.3. The number of nitrogens with zero attached hydrogens (tertiary/aromatic N) is 8. The molecule has 40 heavy (non-hydrogen) atoms. The van der Waals surface area contributed by atoms with Crippen LogP contribution in [0.5, 0.6) is 0 Å². The molecule has 0 saturated carbocycles. The van der Waals surface area contributed by atoms with Crippen LogP contribution in [0.1, 0.15) is 49.2 Å². The average molecular weight is 577 g/mol. The van der Waals surface area contributed by atoms with Gasteiger partial charge in [-0.1, -0.05) is 17.7 Å². The first-order valence-electron chi connectivity index (χ1n) is 13.6. The van der Waals surface area contributed by atoms with Crippen LogP contribution in [0.25, 0.3) is 16.9 Å². The number of ether oxygens (including phenoxy) is 1. The van der Waals surface area contributed by atoms with E-state index in [1.54, 1.807) is 19.3 Å². The van der Waals surface area contributed by atoms with E-state index in [9.17, 15) is 13.2 Å². The van der Waals surface area contributed by atoms with Gasteiger partial charge in [-0.2, -0.15) is 18.2 Å². The Morgan fingerprint density at radius 1 is 1.10 bits per heavy atom. The quantitative estimate of drug-likeness (QED) is 0.329. The average Bonchev–Trinajstić information content (AvgIpc) is 3.63. The largest absolute Gasteiger partial charge is 0.417 e. The molecule has 13 heteroatoms. The highest BCUT2D eigenvalue weighted by molar-refractivity contribution is 6.32. The number of hydrogen-bond acceptors (Lipinski definition) is 7. The van der Waals surface area contributed by atoms with Gasteiger partial charge >= 0.3 is 6.18 Å². The molecule has 2 saturated heterocycles. The molecule has 5 heterocycles. The fraction of sp³-hybridized carbons (Fsp3) is 0.556. The molecule has 6 rings (SSSR count). The van der Waals surface area contributed by atoms with E-state index >= 15 is 0 Å². The lowest BCUT2D eigenvalue weighted by Crippen LogP contribution is -2.56. The molecule has 9 nitrogen and oxygen atoms in total. The van der Waals surface area contributed by atoms with Gasteiger partial charge in [0.1, 0.15) is 17.7 Å². The van der Waals surface area contributed by atoms with E-state index in [2.05, 4.69) is 38.4 Å². The van der Waals surface area contributed by atoms with E-state index in [0.717, 1.165) is 42.3 Å². The smallest absolute Gasteiger partial charge is 0.376 e. The van der Waals surface area contributed by atoms with Gasteiger partial charge in [0.15, 0.2) is 11.5 Å². The molecule has 2 aliphatic rings. The number of rotatable bonds is 5. The van der Waals surface area contributed by atoms with Gasteiger partial charge in [-0.05, 0) is 57.7 Å². The van der Waals surface area contributed by atoms with Crippen molar-refractivity contribution >= 4 is 34.4 Å². The van der Waals surface area contributed by atoms with Gasteiger partial charge in [0, 0.05) is 38.3 Å². The molecule has 214 valence electrons. The number of hydrogen-bond donors (Lipinski definition) is 0. The molecular formula is C27H32ClF3N8O. The molecule has 4 aromatic rings. The highest BCUT2D eigenvalue weighted by atomic mass is 35.5. The number of halogens is 4. The van der Waals surface area contributed by atoms with Crippen LogP contribution in [0.15, 0.2) is 18.5 Å². The monoisotopic (exact) mass is 576 g/mol. The summed E-state index contributed by atoms with van der Waals surface area (Å²) in [5.74, 6) is 2.10. The zero-order valence-corrected chi connectivity index (χ0v) is 23.7. The highest BCUT2D eigenvalue weighted by Gasteiger charge is 2.36. The molecule has 3 aromatic heterocycles. The molecule has 0 N–H and O–H groups in total. The van der Waals surface area contributed by atoms with Crippen LogP contribution in [-0.2, 0) is 24.0 Å². The van der Waals surface area contributed by atoms with Crippen molar-refractivity contribution in [2.24, 2.45) is 0 Å². The number of fused-ring (bicyclic) bond motifs is 3. The topological polar surface area (TPSA) is 76.6 Å². The minimum Gasteiger partial charge on any atom is -0.376 e. The summed E-state index contributed by atoms with van der Waals surface area (Å²) in [4.78, 5) is 14.3. The second-order valence-electron chi connectivity index (χ2n) is 11.1. The number of imidazole rings is 1. The Morgan fingerprint density at radius 3 is 2.62 bits per heavy atom. The first-order valence-corrected chi connectivity index (χ1v) is 13.9. The number of piperazine rings is 1. The van der Waals surface area contributed by atoms with Gasteiger partial charge in [0.05, 0.1) is 23.2 Å². The van der Waals surface area contributed by atoms with Crippen LogP contribution in [0, 0.1) is 13.8 Å². The van der Waals surface area contributed by atoms with E-state index in [-0.39, 0.29) is 23.2 Å². The Kier molecular flexibility index (Phi) is 6.90. The third-order valence-corrected chi connectivity index (χ3v) is 8.61. The third-order valence-electron chi connectivity index (χ3n) is 8.11. The molecular weight excluding hydrogens is 545 g/mol. The lowest BCUT2D eigenvalue weighted by molar-refractivity contribution is -0.137. The molecule has 1 aromatic carbocycles. The van der Waals surface area contributed by atoms with Crippen molar-refractivity contribution in [2.75, 3.05) is 24.6 Å². The molecule has 3 atom stereocenters. The van der Waals surface area contributed by atoms with Crippen LogP contribution in [0.4, 0.5) is 19.0 Å². The highest BCUT2D eigenvalue weighted by Crippen LogP contribution is 2.38. The summed E-state index contributed by atoms with van der Waals surface area (Å²) in [6.45, 7) is 10.9. The number of aryl methyl sites for hydroxylation is 2. The normalized spacial score (nSPS) is 22.7. The fourth-order valence-corrected chi connectivity index (χ4v) is 6.27. The Labute approximate surface area is 234 Å². The van der Waals surface area contributed by atoms with Crippen LogP contribution in [-0.4, -0.2) is 71.9 Å². The van der Waals surface area contributed by atoms with Crippen molar-refractivity contribution in [1.82, 2.24) is 34.0 Å². The fourth-order valence-electron chi connectivity index (χ4n) is 6.05. The minimum atomic E-state index is -4.50. The summed E-state index contributed by atoms with van der Waals surface area (Å²) in [6.07, 6.45) is -0.641. The van der Waals surface area contributed by atoms with Crippen molar-refractivity contribution < 1.29 is 17.9 Å². The lowest BCUT2D eigenvalue weighted by Gasteiger charge is -2.44. The molecule has 0 bridgehead atoms. The van der Waals surface area contributed by atoms with E-state index in [1.807, 2.05) is 11.3 Å². The Morgan fingerprint density at radius 2 is 1.90 bits per heavy atom. The Bertz CT molecular complexity index is 1560. The number of anilines is 1. The van der Waals surface area contributed by atoms with Crippen molar-refractivity contribution in [3.05, 3.63) is 46.0 Å². The molecule has 0 aliphatic carbocycles. The molecule has 0 radical (unpaired) electrons. The summed E-state index contributed by atoms with van der Waals surface area (Å²) in [7, 11) is 0. The maximum absolute atomic E-state index is 13.6. The van der Waals surface area contributed by atoms with E-state index < -0.39 is 11.7 Å². The second-order valence-corrected chi connectivity index (χ2v) is 11.4. The van der Waals surface area contributed by atoms with Crippen LogP contribution in [0.2, 0.25) is 5.02 Å². The summed E-state index contributed by atoms with van der Waals surface area (Å²) >= 11 is 6.00. The van der Waals surface area contributed by atoms with E-state index in [0.29, 0.717) is 43.1 Å².